The third kappa shape index (κ3) is 9.00. The average Bonchev–Trinajstić information content (AvgIpc) is 3.76. The molecule has 0 fully saturated rings. The Bertz CT molecular complexity index is 2070. The molecule has 2 atom stereocenters. The van der Waals surface area contributed by atoms with E-state index < -0.39 is 11.9 Å². The van der Waals surface area contributed by atoms with Gasteiger partial charge in [0.15, 0.2) is 0 Å². The molecular formula is C38H48N6O8. The Hall–Kier alpha value is -5.60. The number of hydrogen-bond donors (Lipinski definition) is 6. The number of carboxylic acids is 2. The number of methoxy groups -OCH3 is 2. The normalized spacial score (nSPS) is 13.4. The minimum atomic E-state index is -0.893. The fraction of sp³-hybridized carbons (Fsp3) is 0.368. The van der Waals surface area contributed by atoms with Crippen molar-refractivity contribution in [3.8, 4) is 0 Å². The monoisotopic (exact) mass is 716 g/mol. The Morgan fingerprint density at radius 2 is 1.02 bits per heavy atom. The first-order valence-electron chi connectivity index (χ1n) is 16.6. The third-order valence-corrected chi connectivity index (χ3v) is 9.33. The zero-order chi connectivity index (χ0) is 38.9. The second-order valence-electron chi connectivity index (χ2n) is 12.3. The number of aromatic amines is 2. The molecule has 2 unspecified atom stereocenters. The van der Waals surface area contributed by atoms with Crippen LogP contribution in [-0.2, 0) is 28.7 Å². The van der Waals surface area contributed by atoms with E-state index in [1.54, 1.807) is 14.2 Å². The summed E-state index contributed by atoms with van der Waals surface area (Å²) >= 11 is 0. The number of hydrogen-bond acceptors (Lipinski definition) is 8. The number of aryl methyl sites for hydroxylation is 2. The van der Waals surface area contributed by atoms with E-state index in [0.717, 1.165) is 72.3 Å². The first-order valence-corrected chi connectivity index (χ1v) is 16.6. The van der Waals surface area contributed by atoms with Gasteiger partial charge in [-0.3, -0.25) is 19.2 Å². The van der Waals surface area contributed by atoms with Crippen LogP contribution in [0, 0.1) is 13.8 Å². The highest BCUT2D eigenvalue weighted by Crippen LogP contribution is 2.39. The first kappa shape index (κ1) is 40.8. The minimum absolute atomic E-state index is 0.0456. The molecule has 0 aliphatic carbocycles. The maximum atomic E-state index is 11.6. The summed E-state index contributed by atoms with van der Waals surface area (Å²) < 4.78 is 11.6. The van der Waals surface area contributed by atoms with E-state index in [9.17, 15) is 19.8 Å². The molecule has 52 heavy (non-hydrogen) atoms. The zero-order valence-corrected chi connectivity index (χ0v) is 30.8. The van der Waals surface area contributed by atoms with Gasteiger partial charge in [-0.15, -0.1) is 0 Å². The van der Waals surface area contributed by atoms with E-state index >= 15 is 0 Å². The lowest BCUT2D eigenvalue weighted by Crippen LogP contribution is -1.97. The molecule has 0 saturated carbocycles. The summed E-state index contributed by atoms with van der Waals surface area (Å²) in [5, 5.41) is 19.1. The van der Waals surface area contributed by atoms with Crippen LogP contribution in [-0.4, -0.2) is 69.1 Å². The van der Waals surface area contributed by atoms with Crippen LogP contribution in [0.4, 0.5) is 0 Å². The number of carbonyl (C=O) groups is 4. The summed E-state index contributed by atoms with van der Waals surface area (Å²) in [5.74, 6) is -1.78. The highest BCUT2D eigenvalue weighted by atomic mass is 16.5. The maximum Gasteiger partial charge on any atom is 0.303 e. The largest absolute Gasteiger partial charge is 0.481 e. The first-order chi connectivity index (χ1) is 24.7. The quantitative estimate of drug-likeness (QED) is 0.131. The third-order valence-electron chi connectivity index (χ3n) is 9.33. The smallest absolute Gasteiger partial charge is 0.303 e. The predicted octanol–water partition coefficient (Wildman–Crippen LogP) is 6.14. The van der Waals surface area contributed by atoms with Crippen molar-refractivity contribution in [2.75, 3.05) is 14.2 Å². The number of rotatable bonds is 10. The fourth-order valence-electron chi connectivity index (χ4n) is 6.52. The van der Waals surface area contributed by atoms with Gasteiger partial charge in [-0.2, -0.15) is 0 Å². The Balaban J connectivity index is 0.00000114. The Morgan fingerprint density at radius 3 is 1.38 bits per heavy atom. The number of aliphatic carboxylic acids is 2. The molecule has 0 spiro atoms. The van der Waals surface area contributed by atoms with Crippen molar-refractivity contribution >= 4 is 69.1 Å². The van der Waals surface area contributed by atoms with Gasteiger partial charge in [0.1, 0.15) is 0 Å². The Kier molecular flexibility index (Phi) is 14.2. The van der Waals surface area contributed by atoms with Gasteiger partial charge in [-0.25, -0.2) is 9.97 Å². The molecule has 0 aromatic carbocycles. The van der Waals surface area contributed by atoms with E-state index in [4.69, 9.17) is 29.0 Å². The van der Waals surface area contributed by atoms with Crippen LogP contribution >= 0.6 is 0 Å². The summed E-state index contributed by atoms with van der Waals surface area (Å²) in [7, 11) is 3.38. The van der Waals surface area contributed by atoms with Gasteiger partial charge in [0.05, 0.1) is 35.0 Å². The number of primary amides is 2. The lowest BCUT2D eigenvalue weighted by atomic mass is 9.98. The second-order valence-corrected chi connectivity index (χ2v) is 12.3. The number of nitrogens with one attached hydrogen (secondary N) is 2. The van der Waals surface area contributed by atoms with E-state index in [2.05, 4.69) is 41.3 Å². The number of ether oxygens (including phenoxy) is 2. The van der Waals surface area contributed by atoms with Crippen LogP contribution in [0.3, 0.4) is 0 Å². The maximum absolute atomic E-state index is 11.6. The molecule has 8 N–H and O–H groups in total. The molecule has 8 bridgehead atoms. The van der Waals surface area contributed by atoms with Crippen molar-refractivity contribution in [3.63, 3.8) is 0 Å². The van der Waals surface area contributed by atoms with Crippen molar-refractivity contribution in [1.29, 1.82) is 0 Å². The molecule has 14 heteroatoms. The van der Waals surface area contributed by atoms with Gasteiger partial charge in [-0.1, -0.05) is 0 Å². The summed E-state index contributed by atoms with van der Waals surface area (Å²) in [6, 6.07) is 7.97. The molecule has 5 rings (SSSR count). The van der Waals surface area contributed by atoms with Gasteiger partial charge in [0, 0.05) is 60.3 Å². The molecule has 2 amide bonds. The molecular weight excluding hydrogens is 668 g/mol. The SMILES string of the molecule is COC(C)c1c(C)c2cc3[nH]c(cc4nc(cc5nc(cc1[nH]2)C(C)=C5CCC(=O)O)C(CCC(=O)O)=C4C)c(C)c3C(C)OC.NC=O.NC=O. The highest BCUT2D eigenvalue weighted by molar-refractivity contribution is 5.96. The number of carbonyl (C=O) groups excluding carboxylic acids is 2. The number of aromatic nitrogens is 4. The number of allylic oxidation sites excluding steroid dienone is 4. The Labute approximate surface area is 302 Å². The molecule has 3 aromatic rings. The summed E-state index contributed by atoms with van der Waals surface area (Å²) in [4.78, 5) is 57.7. The van der Waals surface area contributed by atoms with E-state index in [1.807, 2.05) is 45.9 Å². The highest BCUT2D eigenvalue weighted by Gasteiger charge is 2.24. The number of fused-ring (bicyclic) bond motifs is 8. The molecule has 0 saturated heterocycles. The number of carboxylic acid groups (broad SMARTS) is 2. The van der Waals surface area contributed by atoms with E-state index in [-0.39, 0.29) is 37.9 Å². The van der Waals surface area contributed by atoms with Crippen LogP contribution < -0.4 is 11.5 Å². The van der Waals surface area contributed by atoms with Crippen LogP contribution in [0.1, 0.15) is 111 Å². The Morgan fingerprint density at radius 1 is 0.673 bits per heavy atom. The van der Waals surface area contributed by atoms with Gasteiger partial charge in [-0.05, 0) is 112 Å². The van der Waals surface area contributed by atoms with Crippen molar-refractivity contribution in [3.05, 3.63) is 69.3 Å². The van der Waals surface area contributed by atoms with Gasteiger partial charge in [0.25, 0.3) is 0 Å². The molecule has 5 heterocycles. The van der Waals surface area contributed by atoms with Crippen LogP contribution in [0.25, 0.3) is 44.4 Å². The van der Waals surface area contributed by atoms with Crippen LogP contribution in [0.2, 0.25) is 0 Å². The number of amides is 2. The molecule has 2 aliphatic rings. The molecule has 2 aliphatic heterocycles. The summed E-state index contributed by atoms with van der Waals surface area (Å²) in [5.41, 5.74) is 22.1. The second kappa shape index (κ2) is 18.1. The molecule has 3 aromatic heterocycles. The van der Waals surface area contributed by atoms with Crippen molar-refractivity contribution in [2.45, 2.75) is 79.4 Å². The molecule has 278 valence electrons. The zero-order valence-electron chi connectivity index (χ0n) is 30.8. The van der Waals surface area contributed by atoms with Crippen LogP contribution in [0.5, 0.6) is 0 Å². The number of nitrogens with two attached hydrogens (primary N) is 2. The number of H-pyrrole nitrogens is 2. The standard InChI is InChI=1S/C36H42N4O6.2CH3NO/c1-17-23(9-11-33(41)42)29-16-30-24(10-12-34(43)44)18(2)26(38-30)14-31-36(22(6)46-8)20(4)28(40-31)15-32-35(21(5)45-7)19(3)27(39-32)13-25(17)37-29;2*2-1-3/h13-16,21-22,39-40H,9-12H2,1-8H3,(H,41,42)(H,43,44);2*1H,(H2,2,3). The lowest BCUT2D eigenvalue weighted by Gasteiger charge is -2.10. The van der Waals surface area contributed by atoms with Crippen LogP contribution in [0.15, 0.2) is 24.3 Å². The van der Waals surface area contributed by atoms with E-state index in [1.165, 1.54) is 0 Å². The molecule has 0 radical (unpaired) electrons. The predicted molar refractivity (Wildman–Crippen MR) is 201 cm³/mol. The van der Waals surface area contributed by atoms with E-state index in [0.29, 0.717) is 29.9 Å². The molecule has 14 nitrogen and oxygen atoms in total. The fourth-order valence-corrected chi connectivity index (χ4v) is 6.52. The van der Waals surface area contributed by atoms with Gasteiger partial charge < -0.3 is 41.1 Å². The number of nitrogens with zero attached hydrogens (tertiary/aromatic N) is 2. The lowest BCUT2D eigenvalue weighted by molar-refractivity contribution is -0.137. The average molecular weight is 717 g/mol. The summed E-state index contributed by atoms with van der Waals surface area (Å²) in [6.07, 6.45) is 0.606. The minimum Gasteiger partial charge on any atom is -0.481 e. The van der Waals surface area contributed by atoms with Crippen molar-refractivity contribution in [2.24, 2.45) is 11.5 Å². The van der Waals surface area contributed by atoms with Crippen molar-refractivity contribution < 1.29 is 38.9 Å². The topological polar surface area (TPSA) is 237 Å². The van der Waals surface area contributed by atoms with Gasteiger partial charge in [0.2, 0.25) is 12.8 Å². The van der Waals surface area contributed by atoms with Gasteiger partial charge >= 0.3 is 11.9 Å². The summed E-state index contributed by atoms with van der Waals surface area (Å²) in [6.45, 7) is 12.1. The van der Waals surface area contributed by atoms with Crippen molar-refractivity contribution in [1.82, 2.24) is 19.9 Å².